The number of anilines is 2. The highest BCUT2D eigenvalue weighted by Crippen LogP contribution is 2.33. The van der Waals surface area contributed by atoms with Gasteiger partial charge in [0.2, 0.25) is 0 Å². The molecule has 1 atom stereocenters. The molecule has 0 bridgehead atoms. The largest absolute Gasteiger partial charge is 0.337 e. The third-order valence-electron chi connectivity index (χ3n) is 4.72. The first-order valence-electron chi connectivity index (χ1n) is 8.64. The van der Waals surface area contributed by atoms with Crippen molar-refractivity contribution in [1.29, 1.82) is 0 Å². The Hall–Kier alpha value is -2.73. The molecule has 128 valence electrons. The lowest BCUT2D eigenvalue weighted by Crippen LogP contribution is -2.24. The van der Waals surface area contributed by atoms with E-state index in [0.717, 1.165) is 37.0 Å². The molecule has 6 nitrogen and oxygen atoms in total. The van der Waals surface area contributed by atoms with Gasteiger partial charge in [-0.05, 0) is 49.2 Å². The molecular weight excluding hydrogens is 312 g/mol. The van der Waals surface area contributed by atoms with E-state index in [9.17, 15) is 0 Å². The van der Waals surface area contributed by atoms with E-state index in [4.69, 9.17) is 0 Å². The summed E-state index contributed by atoms with van der Waals surface area (Å²) in [6.07, 6.45) is 9.89. The summed E-state index contributed by atoms with van der Waals surface area (Å²) in [5.74, 6) is 2.75. The van der Waals surface area contributed by atoms with Gasteiger partial charge in [-0.25, -0.2) is 15.0 Å². The molecule has 1 aliphatic rings. The summed E-state index contributed by atoms with van der Waals surface area (Å²) in [6.45, 7) is 1.97. The predicted molar refractivity (Wildman–Crippen MR) is 97.3 cm³/mol. The number of hydrogen-bond acceptors (Lipinski definition) is 5. The zero-order valence-corrected chi connectivity index (χ0v) is 14.3. The van der Waals surface area contributed by atoms with Crippen LogP contribution in [0.2, 0.25) is 0 Å². The fourth-order valence-electron chi connectivity index (χ4n) is 3.41. The maximum absolute atomic E-state index is 4.47. The quantitative estimate of drug-likeness (QED) is 0.776. The van der Waals surface area contributed by atoms with Crippen molar-refractivity contribution in [3.8, 4) is 0 Å². The number of imidazole rings is 1. The summed E-state index contributed by atoms with van der Waals surface area (Å²) in [4.78, 5) is 15.7. The molecule has 0 unspecified atom stereocenters. The summed E-state index contributed by atoms with van der Waals surface area (Å²) in [5.41, 5.74) is 1.29. The van der Waals surface area contributed by atoms with Crippen molar-refractivity contribution < 1.29 is 0 Å². The summed E-state index contributed by atoms with van der Waals surface area (Å²) < 4.78 is 2.09. The SMILES string of the molecule is Cn1ccnc1CN1CCC[C@@H]1c1ccnc(Nc2ccccn2)c1. The maximum atomic E-state index is 4.47. The molecule has 1 aliphatic heterocycles. The molecule has 3 aromatic heterocycles. The van der Waals surface area contributed by atoms with Crippen molar-refractivity contribution in [3.63, 3.8) is 0 Å². The molecule has 0 spiro atoms. The number of aryl methyl sites for hydroxylation is 1. The summed E-state index contributed by atoms with van der Waals surface area (Å²) >= 11 is 0. The maximum Gasteiger partial charge on any atom is 0.131 e. The Labute approximate surface area is 147 Å². The molecule has 0 aliphatic carbocycles. The van der Waals surface area contributed by atoms with Crippen molar-refractivity contribution in [2.24, 2.45) is 7.05 Å². The first kappa shape index (κ1) is 15.8. The topological polar surface area (TPSA) is 58.9 Å². The van der Waals surface area contributed by atoms with Crippen molar-refractivity contribution >= 4 is 11.6 Å². The number of hydrogen-bond donors (Lipinski definition) is 1. The fourth-order valence-corrected chi connectivity index (χ4v) is 3.41. The molecule has 1 N–H and O–H groups in total. The van der Waals surface area contributed by atoms with Gasteiger partial charge in [0.15, 0.2) is 0 Å². The van der Waals surface area contributed by atoms with Crippen LogP contribution in [0.4, 0.5) is 11.6 Å². The Morgan fingerprint density at radius 3 is 2.80 bits per heavy atom. The van der Waals surface area contributed by atoms with E-state index in [0.29, 0.717) is 6.04 Å². The van der Waals surface area contributed by atoms with Gasteiger partial charge in [0.05, 0.1) is 6.54 Å². The minimum Gasteiger partial charge on any atom is -0.337 e. The normalized spacial score (nSPS) is 17.7. The van der Waals surface area contributed by atoms with Crippen LogP contribution in [0, 0.1) is 0 Å². The molecule has 25 heavy (non-hydrogen) atoms. The van der Waals surface area contributed by atoms with Crippen LogP contribution in [-0.2, 0) is 13.6 Å². The first-order chi connectivity index (χ1) is 12.3. The predicted octanol–water partition coefficient (Wildman–Crippen LogP) is 3.29. The number of nitrogens with zero attached hydrogens (tertiary/aromatic N) is 5. The average molecular weight is 334 g/mol. The molecule has 0 saturated carbocycles. The Morgan fingerprint density at radius 1 is 1.08 bits per heavy atom. The van der Waals surface area contributed by atoms with Crippen LogP contribution < -0.4 is 5.32 Å². The van der Waals surface area contributed by atoms with Gasteiger partial charge in [0.25, 0.3) is 0 Å². The molecule has 3 aromatic rings. The molecule has 4 heterocycles. The van der Waals surface area contributed by atoms with Crippen LogP contribution >= 0.6 is 0 Å². The van der Waals surface area contributed by atoms with E-state index in [1.165, 1.54) is 12.0 Å². The summed E-state index contributed by atoms with van der Waals surface area (Å²) in [5, 5.41) is 3.28. The van der Waals surface area contributed by atoms with Gasteiger partial charge in [-0.2, -0.15) is 0 Å². The van der Waals surface area contributed by atoms with E-state index in [2.05, 4.69) is 48.9 Å². The minimum atomic E-state index is 0.406. The minimum absolute atomic E-state index is 0.406. The molecule has 6 heteroatoms. The van der Waals surface area contributed by atoms with Gasteiger partial charge < -0.3 is 9.88 Å². The van der Waals surface area contributed by atoms with E-state index < -0.39 is 0 Å². The van der Waals surface area contributed by atoms with Gasteiger partial charge in [0.1, 0.15) is 17.5 Å². The average Bonchev–Trinajstić information content (AvgIpc) is 3.26. The monoisotopic (exact) mass is 334 g/mol. The Kier molecular flexibility index (Phi) is 4.43. The van der Waals surface area contributed by atoms with E-state index in [1.54, 1.807) is 6.20 Å². The molecule has 0 radical (unpaired) electrons. The number of rotatable bonds is 5. The van der Waals surface area contributed by atoms with Crippen LogP contribution in [0.25, 0.3) is 0 Å². The van der Waals surface area contributed by atoms with E-state index in [1.807, 2.05) is 36.8 Å². The Bertz CT molecular complexity index is 829. The number of likely N-dealkylation sites (tertiary alicyclic amines) is 1. The Morgan fingerprint density at radius 2 is 2.00 bits per heavy atom. The Balaban J connectivity index is 1.52. The lowest BCUT2D eigenvalue weighted by molar-refractivity contribution is 0.240. The van der Waals surface area contributed by atoms with Crippen molar-refractivity contribution in [3.05, 3.63) is 66.5 Å². The zero-order valence-electron chi connectivity index (χ0n) is 14.3. The zero-order chi connectivity index (χ0) is 17.1. The summed E-state index contributed by atoms with van der Waals surface area (Å²) in [6, 6.07) is 10.5. The van der Waals surface area contributed by atoms with Gasteiger partial charge >= 0.3 is 0 Å². The lowest BCUT2D eigenvalue weighted by Gasteiger charge is -2.24. The second-order valence-electron chi connectivity index (χ2n) is 6.40. The fraction of sp³-hybridized carbons (Fsp3) is 0.316. The van der Waals surface area contributed by atoms with E-state index in [-0.39, 0.29) is 0 Å². The highest BCUT2D eigenvalue weighted by atomic mass is 15.2. The molecular formula is C19H22N6. The molecule has 0 amide bonds. The van der Waals surface area contributed by atoms with Crippen molar-refractivity contribution in [1.82, 2.24) is 24.4 Å². The molecule has 4 rings (SSSR count). The third-order valence-corrected chi connectivity index (χ3v) is 4.72. The standard InChI is InChI=1S/C19H22N6/c1-24-12-10-22-19(24)14-25-11-4-5-16(25)15-7-9-21-18(13-15)23-17-6-2-3-8-20-17/h2-3,6-10,12-13,16H,4-5,11,14H2,1H3,(H,20,21,23)/t16-/m1/s1. The number of nitrogens with one attached hydrogen (secondary N) is 1. The van der Waals surface area contributed by atoms with Crippen LogP contribution in [0.5, 0.6) is 0 Å². The molecule has 0 aromatic carbocycles. The highest BCUT2D eigenvalue weighted by Gasteiger charge is 2.27. The smallest absolute Gasteiger partial charge is 0.131 e. The lowest BCUT2D eigenvalue weighted by atomic mass is 10.1. The van der Waals surface area contributed by atoms with Gasteiger partial charge in [-0.3, -0.25) is 4.90 Å². The van der Waals surface area contributed by atoms with Gasteiger partial charge in [0, 0.05) is 37.9 Å². The second-order valence-corrected chi connectivity index (χ2v) is 6.40. The first-order valence-corrected chi connectivity index (χ1v) is 8.64. The molecule has 1 saturated heterocycles. The second kappa shape index (κ2) is 7.03. The molecule has 1 fully saturated rings. The number of aromatic nitrogens is 4. The van der Waals surface area contributed by atoms with Crippen molar-refractivity contribution in [2.45, 2.75) is 25.4 Å². The van der Waals surface area contributed by atoms with Gasteiger partial charge in [-0.15, -0.1) is 0 Å². The van der Waals surface area contributed by atoms with E-state index >= 15 is 0 Å². The van der Waals surface area contributed by atoms with Crippen molar-refractivity contribution in [2.75, 3.05) is 11.9 Å². The van der Waals surface area contributed by atoms with Crippen LogP contribution in [0.1, 0.15) is 30.3 Å². The van der Waals surface area contributed by atoms with Crippen LogP contribution in [-0.4, -0.2) is 31.0 Å². The summed E-state index contributed by atoms with van der Waals surface area (Å²) in [7, 11) is 2.05. The third kappa shape index (κ3) is 3.53. The highest BCUT2D eigenvalue weighted by molar-refractivity contribution is 5.52. The van der Waals surface area contributed by atoms with Crippen LogP contribution in [0.15, 0.2) is 55.1 Å². The van der Waals surface area contributed by atoms with Crippen LogP contribution in [0.3, 0.4) is 0 Å². The van der Waals surface area contributed by atoms with Gasteiger partial charge in [-0.1, -0.05) is 6.07 Å². The number of pyridine rings is 2.